The molecule has 0 aliphatic heterocycles. The fourth-order valence-electron chi connectivity index (χ4n) is 1.79. The molecule has 0 unspecified atom stereocenters. The molecule has 0 aliphatic carbocycles. The number of aryl methyl sites for hydroxylation is 3. The minimum atomic E-state index is 0.00935. The fourth-order valence-corrected chi connectivity index (χ4v) is 1.79. The minimum Gasteiger partial charge on any atom is -0.481 e. The summed E-state index contributed by atoms with van der Waals surface area (Å²) < 4.78 is 8.40. The van der Waals surface area contributed by atoms with Gasteiger partial charge in [-0.15, -0.1) is 0 Å². The summed E-state index contributed by atoms with van der Waals surface area (Å²) in [6.45, 7) is 0. The summed E-state index contributed by atoms with van der Waals surface area (Å²) in [6.07, 6.45) is 2.80. The van der Waals surface area contributed by atoms with Gasteiger partial charge in [-0.25, -0.2) is 4.68 Å². The highest BCUT2D eigenvalue weighted by molar-refractivity contribution is 5.94. The highest BCUT2D eigenvalue weighted by Gasteiger charge is 2.13. The van der Waals surface area contributed by atoms with Crippen LogP contribution in [0.2, 0.25) is 0 Å². The van der Waals surface area contributed by atoms with E-state index in [9.17, 15) is 4.79 Å². The van der Waals surface area contributed by atoms with Gasteiger partial charge in [-0.05, 0) is 12.5 Å². The van der Waals surface area contributed by atoms with E-state index in [0.29, 0.717) is 24.4 Å². The molecule has 0 aliphatic rings. The number of aromatic nitrogens is 4. The van der Waals surface area contributed by atoms with Crippen molar-refractivity contribution in [1.82, 2.24) is 19.6 Å². The highest BCUT2D eigenvalue weighted by Crippen LogP contribution is 2.13. The van der Waals surface area contributed by atoms with Crippen LogP contribution in [0, 0.1) is 0 Å². The van der Waals surface area contributed by atoms with Gasteiger partial charge in [0.05, 0.1) is 7.11 Å². The van der Waals surface area contributed by atoms with Gasteiger partial charge in [-0.1, -0.05) is 0 Å². The van der Waals surface area contributed by atoms with Crippen molar-refractivity contribution in [2.45, 2.75) is 12.8 Å². The van der Waals surface area contributed by atoms with Crippen LogP contribution in [0.4, 0.5) is 0 Å². The third-order valence-corrected chi connectivity index (χ3v) is 2.86. The van der Waals surface area contributed by atoms with E-state index in [0.717, 1.165) is 5.69 Å². The van der Waals surface area contributed by atoms with Gasteiger partial charge < -0.3 is 4.74 Å². The zero-order valence-electron chi connectivity index (χ0n) is 10.8. The first kappa shape index (κ1) is 12.3. The maximum atomic E-state index is 12.0. The van der Waals surface area contributed by atoms with E-state index in [2.05, 4.69) is 10.2 Å². The molecule has 0 radical (unpaired) electrons. The van der Waals surface area contributed by atoms with Crippen LogP contribution < -0.4 is 4.74 Å². The number of rotatable bonds is 5. The molecule has 96 valence electrons. The summed E-state index contributed by atoms with van der Waals surface area (Å²) in [5.74, 6) is 0.592. The molecule has 0 bridgehead atoms. The predicted octanol–water partition coefficient (Wildman–Crippen LogP) is 0.978. The minimum absolute atomic E-state index is 0.00935. The molecule has 2 aromatic rings. The topological polar surface area (TPSA) is 61.9 Å². The summed E-state index contributed by atoms with van der Waals surface area (Å²) in [7, 11) is 5.17. The molecule has 2 heterocycles. The number of hydrogen-bond donors (Lipinski definition) is 0. The zero-order valence-corrected chi connectivity index (χ0v) is 10.8. The van der Waals surface area contributed by atoms with Gasteiger partial charge in [0.25, 0.3) is 0 Å². The lowest BCUT2D eigenvalue weighted by atomic mass is 10.1. The van der Waals surface area contributed by atoms with Crippen LogP contribution in [0.15, 0.2) is 18.3 Å². The number of carbonyl (C=O) groups excluding carboxylic acids is 1. The van der Waals surface area contributed by atoms with Crippen molar-refractivity contribution in [2.24, 2.45) is 14.1 Å². The third-order valence-electron chi connectivity index (χ3n) is 2.86. The molecule has 2 rings (SSSR count). The Bertz CT molecular complexity index is 556. The maximum Gasteiger partial charge on any atom is 0.211 e. The van der Waals surface area contributed by atoms with E-state index in [1.54, 1.807) is 35.8 Å². The average Bonchev–Trinajstić information content (AvgIpc) is 2.92. The van der Waals surface area contributed by atoms with E-state index in [-0.39, 0.29) is 5.78 Å². The van der Waals surface area contributed by atoms with Crippen LogP contribution >= 0.6 is 0 Å². The fraction of sp³-hybridized carbons (Fsp3) is 0.417. The second-order valence-corrected chi connectivity index (χ2v) is 4.06. The Morgan fingerprint density at radius 3 is 2.72 bits per heavy atom. The number of hydrogen-bond acceptors (Lipinski definition) is 4. The van der Waals surface area contributed by atoms with Gasteiger partial charge in [-0.2, -0.15) is 10.2 Å². The van der Waals surface area contributed by atoms with Crippen LogP contribution in [-0.2, 0) is 20.5 Å². The summed E-state index contributed by atoms with van der Waals surface area (Å²) in [5, 5.41) is 8.19. The molecule has 0 N–H and O–H groups in total. The Morgan fingerprint density at radius 1 is 1.39 bits per heavy atom. The van der Waals surface area contributed by atoms with Gasteiger partial charge in [0.2, 0.25) is 5.88 Å². The molecule has 6 heteroatoms. The molecule has 6 nitrogen and oxygen atoms in total. The molecule has 0 aromatic carbocycles. The molecule has 18 heavy (non-hydrogen) atoms. The molecule has 0 saturated heterocycles. The Hall–Kier alpha value is -2.11. The highest BCUT2D eigenvalue weighted by atomic mass is 16.5. The summed E-state index contributed by atoms with van der Waals surface area (Å²) in [5.41, 5.74) is 1.47. The molecule has 0 amide bonds. The van der Waals surface area contributed by atoms with Gasteiger partial charge in [0.15, 0.2) is 5.78 Å². The van der Waals surface area contributed by atoms with Crippen LogP contribution in [0.25, 0.3) is 0 Å². The number of nitrogens with zero attached hydrogens (tertiary/aromatic N) is 4. The summed E-state index contributed by atoms with van der Waals surface area (Å²) >= 11 is 0. The van der Waals surface area contributed by atoms with Gasteiger partial charge in [0.1, 0.15) is 5.69 Å². The summed E-state index contributed by atoms with van der Waals surface area (Å²) in [6, 6.07) is 3.57. The predicted molar refractivity (Wildman–Crippen MR) is 65.6 cm³/mol. The quantitative estimate of drug-likeness (QED) is 0.740. The van der Waals surface area contributed by atoms with Crippen molar-refractivity contribution in [2.75, 3.05) is 7.11 Å². The molecule has 0 atom stereocenters. The molecular formula is C12H16N4O2. The molecule has 0 fully saturated rings. The number of Topliss-reactive ketones (excluding diaryl/α,β-unsaturated/α-hetero) is 1. The number of carbonyl (C=O) groups is 1. The van der Waals surface area contributed by atoms with Crippen molar-refractivity contribution in [3.05, 3.63) is 29.7 Å². The van der Waals surface area contributed by atoms with Crippen LogP contribution in [0.5, 0.6) is 5.88 Å². The lowest BCUT2D eigenvalue weighted by Gasteiger charge is -1.99. The van der Waals surface area contributed by atoms with E-state index in [1.807, 2.05) is 13.1 Å². The van der Waals surface area contributed by atoms with E-state index in [1.165, 1.54) is 0 Å². The Kier molecular flexibility index (Phi) is 3.45. The first-order chi connectivity index (χ1) is 8.61. The second-order valence-electron chi connectivity index (χ2n) is 4.06. The van der Waals surface area contributed by atoms with Crippen molar-refractivity contribution in [1.29, 1.82) is 0 Å². The lowest BCUT2D eigenvalue weighted by molar-refractivity contribution is 0.0976. The molecular weight excluding hydrogens is 232 g/mol. The smallest absolute Gasteiger partial charge is 0.211 e. The van der Waals surface area contributed by atoms with Gasteiger partial charge in [0, 0.05) is 38.5 Å². The SMILES string of the molecule is COc1cc(C(=O)CCc2ccnn2C)nn1C. The third kappa shape index (κ3) is 2.42. The van der Waals surface area contributed by atoms with Gasteiger partial charge >= 0.3 is 0 Å². The second kappa shape index (κ2) is 5.03. The number of methoxy groups -OCH3 is 1. The van der Waals surface area contributed by atoms with Crippen molar-refractivity contribution >= 4 is 5.78 Å². The Balaban J connectivity index is 2.01. The largest absolute Gasteiger partial charge is 0.481 e. The van der Waals surface area contributed by atoms with Crippen LogP contribution in [0.3, 0.4) is 0 Å². The molecule has 0 spiro atoms. The molecule has 2 aromatic heterocycles. The number of ketones is 1. The Morgan fingerprint density at radius 2 is 2.17 bits per heavy atom. The van der Waals surface area contributed by atoms with E-state index < -0.39 is 0 Å². The normalized spacial score (nSPS) is 10.6. The Labute approximate surface area is 105 Å². The molecule has 0 saturated carbocycles. The van der Waals surface area contributed by atoms with E-state index >= 15 is 0 Å². The maximum absolute atomic E-state index is 12.0. The first-order valence-corrected chi connectivity index (χ1v) is 5.70. The first-order valence-electron chi connectivity index (χ1n) is 5.70. The van der Waals surface area contributed by atoms with E-state index in [4.69, 9.17) is 4.74 Å². The van der Waals surface area contributed by atoms with Gasteiger partial charge in [-0.3, -0.25) is 9.48 Å². The summed E-state index contributed by atoms with van der Waals surface area (Å²) in [4.78, 5) is 12.0. The lowest BCUT2D eigenvalue weighted by Crippen LogP contribution is -2.05. The zero-order chi connectivity index (χ0) is 13.1. The standard InChI is InChI=1S/C12H16N4O2/c1-15-9(6-7-13-15)4-5-11(17)10-8-12(18-3)16(2)14-10/h6-8H,4-5H2,1-3H3. The monoisotopic (exact) mass is 248 g/mol. The average molecular weight is 248 g/mol. The van der Waals surface area contributed by atoms with Crippen LogP contribution in [-0.4, -0.2) is 32.5 Å². The number of ether oxygens (including phenoxy) is 1. The van der Waals surface area contributed by atoms with Crippen molar-refractivity contribution < 1.29 is 9.53 Å². The van der Waals surface area contributed by atoms with Crippen molar-refractivity contribution in [3.8, 4) is 5.88 Å². The van der Waals surface area contributed by atoms with Crippen LogP contribution in [0.1, 0.15) is 22.6 Å². The van der Waals surface area contributed by atoms with Crippen molar-refractivity contribution in [3.63, 3.8) is 0 Å².